The van der Waals surface area contributed by atoms with Gasteiger partial charge in [0.25, 0.3) is 0 Å². The van der Waals surface area contributed by atoms with Crippen LogP contribution in [0.5, 0.6) is 11.5 Å². The second-order valence-corrected chi connectivity index (χ2v) is 6.91. The standard InChI is InChI=1S/C23H17N3O3/c1-26-22(14-12-18-16(23(27)28)10-11-24-19(18)13-14)17-8-5-9-20(21(17)25-26)29-15-6-3-2-4-7-15/h2-11,13H,12H2,1H3,(H,27,28). The van der Waals surface area contributed by atoms with Gasteiger partial charge >= 0.3 is 5.97 Å². The predicted octanol–water partition coefficient (Wildman–Crippen LogP) is 4.56. The second kappa shape index (κ2) is 6.60. The number of rotatable bonds is 4. The molecular formula is C23H17N3O3. The van der Waals surface area contributed by atoms with E-state index in [4.69, 9.17) is 4.74 Å². The van der Waals surface area contributed by atoms with Crippen LogP contribution in [0.3, 0.4) is 0 Å². The van der Waals surface area contributed by atoms with Gasteiger partial charge in [-0.05, 0) is 41.5 Å². The summed E-state index contributed by atoms with van der Waals surface area (Å²) >= 11 is 0. The number of carboxylic acids is 1. The molecule has 0 fully saturated rings. The Hall–Kier alpha value is -3.93. The minimum Gasteiger partial charge on any atom is -0.478 e. The Kier molecular flexibility index (Phi) is 3.91. The molecule has 0 atom stereocenters. The van der Waals surface area contributed by atoms with Crippen molar-refractivity contribution in [2.45, 2.75) is 6.42 Å². The molecule has 0 spiro atoms. The number of aryl methyl sites for hydroxylation is 1. The number of pyridine rings is 1. The zero-order valence-corrected chi connectivity index (χ0v) is 15.7. The molecule has 0 saturated heterocycles. The van der Waals surface area contributed by atoms with E-state index in [2.05, 4.69) is 10.1 Å². The summed E-state index contributed by atoms with van der Waals surface area (Å²) in [6.45, 7) is 0. The Morgan fingerprint density at radius 1 is 1.10 bits per heavy atom. The van der Waals surface area contributed by atoms with Gasteiger partial charge in [0, 0.05) is 25.1 Å². The van der Waals surface area contributed by atoms with Crippen LogP contribution in [0.2, 0.25) is 0 Å². The van der Waals surface area contributed by atoms with Crippen LogP contribution in [0, 0.1) is 0 Å². The number of para-hydroxylation sites is 1. The lowest BCUT2D eigenvalue weighted by atomic mass is 10.0. The largest absolute Gasteiger partial charge is 0.478 e. The number of hydrogen-bond donors (Lipinski definition) is 1. The highest BCUT2D eigenvalue weighted by Gasteiger charge is 2.25. The first kappa shape index (κ1) is 17.2. The van der Waals surface area contributed by atoms with E-state index in [9.17, 15) is 9.90 Å². The van der Waals surface area contributed by atoms with E-state index in [-0.39, 0.29) is 0 Å². The predicted molar refractivity (Wildman–Crippen MR) is 110 cm³/mol. The molecule has 1 aliphatic rings. The van der Waals surface area contributed by atoms with Crippen LogP contribution in [0.1, 0.15) is 27.3 Å². The Morgan fingerprint density at radius 2 is 1.93 bits per heavy atom. The van der Waals surface area contributed by atoms with Gasteiger partial charge in [-0.15, -0.1) is 0 Å². The summed E-state index contributed by atoms with van der Waals surface area (Å²) < 4.78 is 7.87. The van der Waals surface area contributed by atoms with E-state index in [0.717, 1.165) is 33.5 Å². The number of hydrogen-bond acceptors (Lipinski definition) is 4. The zero-order chi connectivity index (χ0) is 20.0. The van der Waals surface area contributed by atoms with Crippen molar-refractivity contribution in [2.75, 3.05) is 0 Å². The highest BCUT2D eigenvalue weighted by atomic mass is 16.5. The van der Waals surface area contributed by atoms with Crippen LogP contribution in [0.4, 0.5) is 0 Å². The molecule has 6 nitrogen and oxygen atoms in total. The lowest BCUT2D eigenvalue weighted by molar-refractivity contribution is 0.0695. The molecule has 1 N–H and O–H groups in total. The first-order valence-corrected chi connectivity index (χ1v) is 9.22. The van der Waals surface area contributed by atoms with Gasteiger partial charge in [-0.3, -0.25) is 9.67 Å². The van der Waals surface area contributed by atoms with Crippen LogP contribution in [0.25, 0.3) is 22.6 Å². The monoisotopic (exact) mass is 383 g/mol. The minimum absolute atomic E-state index is 0.292. The van der Waals surface area contributed by atoms with Gasteiger partial charge in [0.05, 0.1) is 17.0 Å². The van der Waals surface area contributed by atoms with Crippen LogP contribution in [-0.4, -0.2) is 25.8 Å². The Balaban J connectivity index is 1.59. The van der Waals surface area contributed by atoms with Crippen molar-refractivity contribution < 1.29 is 14.6 Å². The lowest BCUT2D eigenvalue weighted by Gasteiger charge is -2.07. The topological polar surface area (TPSA) is 77.2 Å². The average molecular weight is 383 g/mol. The third kappa shape index (κ3) is 2.86. The number of aromatic carboxylic acids is 1. The normalized spacial score (nSPS) is 12.7. The third-order valence-corrected chi connectivity index (χ3v) is 5.10. The number of fused-ring (bicyclic) bond motifs is 2. The van der Waals surface area contributed by atoms with Crippen LogP contribution in [0.15, 0.2) is 60.8 Å². The molecule has 4 aromatic rings. The summed E-state index contributed by atoms with van der Waals surface area (Å²) in [7, 11) is 1.89. The molecule has 2 aromatic carbocycles. The molecule has 29 heavy (non-hydrogen) atoms. The molecule has 2 aromatic heterocycles. The van der Waals surface area contributed by atoms with Crippen LogP contribution < -0.4 is 4.74 Å². The van der Waals surface area contributed by atoms with Gasteiger partial charge in [0.15, 0.2) is 5.75 Å². The molecule has 0 amide bonds. The van der Waals surface area contributed by atoms with Crippen molar-refractivity contribution in [2.24, 2.45) is 7.05 Å². The van der Waals surface area contributed by atoms with Crippen molar-refractivity contribution in [3.8, 4) is 11.5 Å². The molecular weight excluding hydrogens is 366 g/mol. The van der Waals surface area contributed by atoms with E-state index < -0.39 is 5.97 Å². The molecule has 0 radical (unpaired) electrons. The summed E-state index contributed by atoms with van der Waals surface area (Å²) in [5.41, 5.74) is 4.42. The van der Waals surface area contributed by atoms with Gasteiger partial charge in [-0.25, -0.2) is 4.79 Å². The van der Waals surface area contributed by atoms with Gasteiger partial charge in [0.2, 0.25) is 0 Å². The van der Waals surface area contributed by atoms with Crippen molar-refractivity contribution in [1.82, 2.24) is 14.8 Å². The van der Waals surface area contributed by atoms with Crippen molar-refractivity contribution in [3.05, 3.63) is 83.3 Å². The van der Waals surface area contributed by atoms with Gasteiger partial charge in [0.1, 0.15) is 11.3 Å². The fourth-order valence-corrected chi connectivity index (χ4v) is 3.85. The molecule has 1 aliphatic carbocycles. The van der Waals surface area contributed by atoms with E-state index in [1.807, 2.05) is 66.3 Å². The molecule has 5 rings (SSSR count). The summed E-state index contributed by atoms with van der Waals surface area (Å²) in [5, 5.41) is 15.1. The molecule has 0 unspecified atom stereocenters. The fourth-order valence-electron chi connectivity index (χ4n) is 3.85. The van der Waals surface area contributed by atoms with E-state index >= 15 is 0 Å². The Labute approximate surface area is 166 Å². The number of allylic oxidation sites excluding steroid dienone is 1. The number of nitrogens with zero attached hydrogens (tertiary/aromatic N) is 3. The maximum Gasteiger partial charge on any atom is 0.336 e. The van der Waals surface area contributed by atoms with E-state index in [1.165, 1.54) is 6.20 Å². The van der Waals surface area contributed by atoms with E-state index in [0.29, 0.717) is 23.4 Å². The molecule has 6 heteroatoms. The SMILES string of the molecule is Cn1nc2c(Oc3ccccc3)cccc2c1C1=Cc2nccc(C(=O)O)c2C1. The summed E-state index contributed by atoms with van der Waals surface area (Å²) in [6.07, 6.45) is 3.99. The fraction of sp³-hybridized carbons (Fsp3) is 0.0870. The maximum absolute atomic E-state index is 11.6. The lowest BCUT2D eigenvalue weighted by Crippen LogP contribution is -2.04. The molecule has 0 aliphatic heterocycles. The molecule has 0 bridgehead atoms. The quantitative estimate of drug-likeness (QED) is 0.559. The first-order chi connectivity index (χ1) is 14.1. The van der Waals surface area contributed by atoms with Crippen LogP contribution in [-0.2, 0) is 13.5 Å². The smallest absolute Gasteiger partial charge is 0.336 e. The number of benzene rings is 2. The van der Waals surface area contributed by atoms with Crippen molar-refractivity contribution in [1.29, 1.82) is 0 Å². The highest BCUT2D eigenvalue weighted by molar-refractivity contribution is 6.01. The second-order valence-electron chi connectivity index (χ2n) is 6.91. The Bertz CT molecular complexity index is 1290. The van der Waals surface area contributed by atoms with Gasteiger partial charge in [-0.1, -0.05) is 30.3 Å². The highest BCUT2D eigenvalue weighted by Crippen LogP contribution is 2.38. The first-order valence-electron chi connectivity index (χ1n) is 9.22. The number of carboxylic acid groups (broad SMARTS) is 1. The molecule has 142 valence electrons. The Morgan fingerprint density at radius 3 is 2.72 bits per heavy atom. The molecule has 2 heterocycles. The van der Waals surface area contributed by atoms with Gasteiger partial charge < -0.3 is 9.84 Å². The van der Waals surface area contributed by atoms with Crippen molar-refractivity contribution in [3.63, 3.8) is 0 Å². The summed E-state index contributed by atoms with van der Waals surface area (Å²) in [5.74, 6) is 0.484. The average Bonchev–Trinajstić information content (AvgIpc) is 3.28. The maximum atomic E-state index is 11.6. The summed E-state index contributed by atoms with van der Waals surface area (Å²) in [6, 6.07) is 17.0. The van der Waals surface area contributed by atoms with Crippen molar-refractivity contribution >= 4 is 28.5 Å². The van der Waals surface area contributed by atoms with Crippen LogP contribution >= 0.6 is 0 Å². The van der Waals surface area contributed by atoms with E-state index in [1.54, 1.807) is 6.07 Å². The number of carbonyl (C=O) groups is 1. The number of aromatic nitrogens is 3. The third-order valence-electron chi connectivity index (χ3n) is 5.10. The summed E-state index contributed by atoms with van der Waals surface area (Å²) in [4.78, 5) is 15.9. The molecule has 0 saturated carbocycles. The number of ether oxygens (including phenoxy) is 1. The van der Waals surface area contributed by atoms with Gasteiger partial charge in [-0.2, -0.15) is 5.10 Å². The zero-order valence-electron chi connectivity index (χ0n) is 15.7. The minimum atomic E-state index is -0.938.